The summed E-state index contributed by atoms with van der Waals surface area (Å²) in [5.74, 6) is -1.07. The standard InChI is InChI=1S/C18H17F4N3O2/c1-10-5-6-11-12(3-2-4-13(11)19)16(10)23-17(27)14-7-8-15(26)25(24-14)9-18(20,21)22/h2-4,7-8,10,16H,5-6,9H2,1H3,(H,23,27). The molecule has 3 rings (SSSR count). The van der Waals surface area contributed by atoms with Crippen LogP contribution in [0.25, 0.3) is 0 Å². The van der Waals surface area contributed by atoms with Crippen LogP contribution in [0.2, 0.25) is 0 Å². The number of amides is 1. The summed E-state index contributed by atoms with van der Waals surface area (Å²) < 4.78 is 51.9. The number of carbonyl (C=O) groups is 1. The highest BCUT2D eigenvalue weighted by atomic mass is 19.4. The van der Waals surface area contributed by atoms with Crippen LogP contribution in [-0.2, 0) is 13.0 Å². The van der Waals surface area contributed by atoms with Gasteiger partial charge in [0.25, 0.3) is 11.5 Å². The Kier molecular flexibility index (Phi) is 5.03. The average molecular weight is 383 g/mol. The van der Waals surface area contributed by atoms with Gasteiger partial charge in [-0.1, -0.05) is 19.1 Å². The second-order valence-corrected chi connectivity index (χ2v) is 6.60. The number of rotatable bonds is 3. The molecule has 1 N–H and O–H groups in total. The lowest BCUT2D eigenvalue weighted by Crippen LogP contribution is -2.38. The molecule has 9 heteroatoms. The molecule has 1 amide bonds. The van der Waals surface area contributed by atoms with E-state index in [-0.39, 0.29) is 22.1 Å². The van der Waals surface area contributed by atoms with E-state index in [0.29, 0.717) is 24.0 Å². The molecule has 1 aromatic heterocycles. The maximum absolute atomic E-state index is 14.0. The van der Waals surface area contributed by atoms with E-state index < -0.39 is 30.2 Å². The summed E-state index contributed by atoms with van der Waals surface area (Å²) in [4.78, 5) is 24.1. The number of hydrogen-bond acceptors (Lipinski definition) is 3. The smallest absolute Gasteiger partial charge is 0.344 e. The Morgan fingerprint density at radius 3 is 2.74 bits per heavy atom. The summed E-state index contributed by atoms with van der Waals surface area (Å²) in [7, 11) is 0. The summed E-state index contributed by atoms with van der Waals surface area (Å²) in [5.41, 5.74) is -0.0986. The van der Waals surface area contributed by atoms with Gasteiger partial charge in [0, 0.05) is 6.07 Å². The van der Waals surface area contributed by atoms with Crippen LogP contribution in [-0.4, -0.2) is 21.9 Å². The second-order valence-electron chi connectivity index (χ2n) is 6.60. The van der Waals surface area contributed by atoms with E-state index in [0.717, 1.165) is 12.1 Å². The first kappa shape index (κ1) is 19.1. The molecule has 5 nitrogen and oxygen atoms in total. The van der Waals surface area contributed by atoms with E-state index >= 15 is 0 Å². The van der Waals surface area contributed by atoms with Crippen molar-refractivity contribution in [2.24, 2.45) is 5.92 Å². The zero-order valence-corrected chi connectivity index (χ0v) is 14.4. The van der Waals surface area contributed by atoms with Gasteiger partial charge in [-0.3, -0.25) is 9.59 Å². The predicted octanol–water partition coefficient (Wildman–Crippen LogP) is 3.00. The van der Waals surface area contributed by atoms with Gasteiger partial charge in [0.1, 0.15) is 18.1 Å². The van der Waals surface area contributed by atoms with Crippen molar-refractivity contribution in [2.45, 2.75) is 38.5 Å². The first-order chi connectivity index (χ1) is 12.7. The van der Waals surface area contributed by atoms with E-state index in [1.165, 1.54) is 6.07 Å². The van der Waals surface area contributed by atoms with Crippen LogP contribution in [0.5, 0.6) is 0 Å². The SMILES string of the molecule is CC1CCc2c(F)cccc2C1NC(=O)c1ccc(=O)n(CC(F)(F)F)n1. The maximum atomic E-state index is 14.0. The van der Waals surface area contributed by atoms with E-state index in [4.69, 9.17) is 0 Å². The Morgan fingerprint density at radius 2 is 2.04 bits per heavy atom. The molecule has 1 aliphatic carbocycles. The van der Waals surface area contributed by atoms with Gasteiger partial charge in [-0.15, -0.1) is 0 Å². The molecule has 0 fully saturated rings. The van der Waals surface area contributed by atoms with E-state index in [2.05, 4.69) is 10.4 Å². The molecule has 0 saturated carbocycles. The third-order valence-electron chi connectivity index (χ3n) is 4.62. The van der Waals surface area contributed by atoms with Gasteiger partial charge in [0.2, 0.25) is 0 Å². The molecule has 0 radical (unpaired) electrons. The molecule has 1 aliphatic rings. The number of aromatic nitrogens is 2. The van der Waals surface area contributed by atoms with Crippen molar-refractivity contribution in [1.82, 2.24) is 15.1 Å². The predicted molar refractivity (Wildman–Crippen MR) is 88.6 cm³/mol. The van der Waals surface area contributed by atoms with Gasteiger partial charge < -0.3 is 5.32 Å². The van der Waals surface area contributed by atoms with Gasteiger partial charge in [0.15, 0.2) is 0 Å². The normalized spacial score (nSPS) is 19.4. The van der Waals surface area contributed by atoms with Crippen LogP contribution in [0, 0.1) is 11.7 Å². The lowest BCUT2D eigenvalue weighted by molar-refractivity contribution is -0.143. The highest BCUT2D eigenvalue weighted by Gasteiger charge is 2.31. The molecule has 144 valence electrons. The topological polar surface area (TPSA) is 64.0 Å². The van der Waals surface area contributed by atoms with Crippen LogP contribution in [0.4, 0.5) is 17.6 Å². The number of hydrogen-bond donors (Lipinski definition) is 1. The van der Waals surface area contributed by atoms with Crippen molar-refractivity contribution in [3.05, 3.63) is 63.3 Å². The van der Waals surface area contributed by atoms with Gasteiger partial charge >= 0.3 is 6.18 Å². The lowest BCUT2D eigenvalue weighted by atomic mass is 9.80. The molecule has 27 heavy (non-hydrogen) atoms. The van der Waals surface area contributed by atoms with Gasteiger partial charge in [-0.25, -0.2) is 9.07 Å². The monoisotopic (exact) mass is 383 g/mol. The van der Waals surface area contributed by atoms with E-state index in [1.807, 2.05) is 6.92 Å². The average Bonchev–Trinajstić information content (AvgIpc) is 2.58. The molecule has 0 bridgehead atoms. The van der Waals surface area contributed by atoms with Gasteiger partial charge in [-0.2, -0.15) is 18.3 Å². The quantitative estimate of drug-likeness (QED) is 0.829. The van der Waals surface area contributed by atoms with Crippen LogP contribution in [0.3, 0.4) is 0 Å². The molecule has 2 atom stereocenters. The molecule has 2 unspecified atom stereocenters. The fourth-order valence-corrected chi connectivity index (χ4v) is 3.26. The molecule has 0 spiro atoms. The van der Waals surface area contributed by atoms with Crippen LogP contribution in [0.1, 0.15) is 41.0 Å². The molecule has 1 aromatic carbocycles. The summed E-state index contributed by atoms with van der Waals surface area (Å²) in [5, 5.41) is 6.23. The maximum Gasteiger partial charge on any atom is 0.408 e. The summed E-state index contributed by atoms with van der Waals surface area (Å²) in [6, 6.07) is 6.06. The Labute approximate surface area is 152 Å². The van der Waals surface area contributed by atoms with Crippen molar-refractivity contribution in [3.8, 4) is 0 Å². The molecular formula is C18H17F4N3O2. The highest BCUT2D eigenvalue weighted by molar-refractivity contribution is 5.92. The fourth-order valence-electron chi connectivity index (χ4n) is 3.26. The van der Waals surface area contributed by atoms with Crippen molar-refractivity contribution >= 4 is 5.91 Å². The Morgan fingerprint density at radius 1 is 1.30 bits per heavy atom. The number of nitrogens with one attached hydrogen (secondary N) is 1. The molecule has 1 heterocycles. The zero-order valence-electron chi connectivity index (χ0n) is 14.4. The minimum absolute atomic E-state index is 0.00401. The number of benzene rings is 1. The van der Waals surface area contributed by atoms with Crippen molar-refractivity contribution in [1.29, 1.82) is 0 Å². The first-order valence-corrected chi connectivity index (χ1v) is 8.39. The number of carbonyl (C=O) groups excluding carboxylic acids is 1. The molecule has 0 saturated heterocycles. The third-order valence-corrected chi connectivity index (χ3v) is 4.62. The third kappa shape index (κ3) is 4.17. The number of nitrogens with zero attached hydrogens (tertiary/aromatic N) is 2. The fraction of sp³-hybridized carbons (Fsp3) is 0.389. The molecule has 2 aromatic rings. The van der Waals surface area contributed by atoms with Crippen LogP contribution < -0.4 is 10.9 Å². The lowest BCUT2D eigenvalue weighted by Gasteiger charge is -2.32. The molecular weight excluding hydrogens is 366 g/mol. The highest BCUT2D eigenvalue weighted by Crippen LogP contribution is 2.35. The Balaban J connectivity index is 1.87. The van der Waals surface area contributed by atoms with Gasteiger partial charge in [-0.05, 0) is 42.0 Å². The van der Waals surface area contributed by atoms with Crippen molar-refractivity contribution in [2.75, 3.05) is 0 Å². The van der Waals surface area contributed by atoms with Crippen LogP contribution >= 0.6 is 0 Å². The minimum Gasteiger partial charge on any atom is -0.344 e. The van der Waals surface area contributed by atoms with Gasteiger partial charge in [0.05, 0.1) is 6.04 Å². The zero-order chi connectivity index (χ0) is 19.8. The van der Waals surface area contributed by atoms with Crippen molar-refractivity contribution in [3.63, 3.8) is 0 Å². The summed E-state index contributed by atoms with van der Waals surface area (Å²) in [6.07, 6.45) is -3.44. The second kappa shape index (κ2) is 7.13. The number of halogens is 4. The largest absolute Gasteiger partial charge is 0.408 e. The first-order valence-electron chi connectivity index (χ1n) is 8.39. The minimum atomic E-state index is -4.64. The van der Waals surface area contributed by atoms with Crippen molar-refractivity contribution < 1.29 is 22.4 Å². The Bertz CT molecular complexity index is 924. The Hall–Kier alpha value is -2.71. The summed E-state index contributed by atoms with van der Waals surface area (Å²) in [6.45, 7) is 0.317. The number of alkyl halides is 3. The van der Waals surface area contributed by atoms with Crippen LogP contribution in [0.15, 0.2) is 35.1 Å². The number of fused-ring (bicyclic) bond motifs is 1. The van der Waals surface area contributed by atoms with E-state index in [1.54, 1.807) is 12.1 Å². The molecule has 0 aliphatic heterocycles. The van der Waals surface area contributed by atoms with E-state index in [9.17, 15) is 27.2 Å². The summed E-state index contributed by atoms with van der Waals surface area (Å²) >= 11 is 0.